The average Bonchev–Trinajstić information content (AvgIpc) is 2.29. The van der Waals surface area contributed by atoms with Crippen molar-refractivity contribution in [2.75, 3.05) is 19.6 Å². The molecular weight excluding hydrogens is 556 g/mol. The Hall–Kier alpha value is 1.67. The summed E-state index contributed by atoms with van der Waals surface area (Å²) in [7, 11) is 20.0. The van der Waals surface area contributed by atoms with Crippen molar-refractivity contribution in [3.05, 3.63) is 34.0 Å². The van der Waals surface area contributed by atoms with Gasteiger partial charge in [-0.2, -0.15) is 6.20 Å². The SMILES string of the molecule is ClC1=CC[N-]C=C1.ClC1CC[N-]CC1.[Cl][Pt+2]([Cl])([Cl])[Cl]. The monoisotopic (exact) mass is 567 g/mol. The van der Waals surface area contributed by atoms with E-state index in [1.807, 2.05) is 6.08 Å². The summed E-state index contributed by atoms with van der Waals surface area (Å²) < 4.78 is 0. The van der Waals surface area contributed by atoms with Crippen LogP contribution in [0.15, 0.2) is 23.4 Å². The number of nitrogens with zero attached hydrogens (tertiary/aromatic N) is 2. The average molecular weight is 570 g/mol. The molecule has 0 aromatic carbocycles. The first-order chi connectivity index (χ1) is 8.79. The molecule has 19 heavy (non-hydrogen) atoms. The van der Waals surface area contributed by atoms with Crippen LogP contribution in [0.2, 0.25) is 0 Å². The van der Waals surface area contributed by atoms with Gasteiger partial charge in [0.15, 0.2) is 0 Å². The van der Waals surface area contributed by atoms with E-state index >= 15 is 0 Å². The first-order valence-electron chi connectivity index (χ1n) is 5.23. The van der Waals surface area contributed by atoms with Crippen molar-refractivity contribution < 1.29 is 11.9 Å². The van der Waals surface area contributed by atoms with E-state index in [0.717, 1.165) is 37.5 Å². The Labute approximate surface area is 143 Å². The van der Waals surface area contributed by atoms with E-state index in [2.05, 4.69) is 10.6 Å². The van der Waals surface area contributed by atoms with Crippen LogP contribution < -0.4 is 0 Å². The summed E-state index contributed by atoms with van der Waals surface area (Å²) in [6, 6.07) is 0. The molecule has 0 atom stereocenters. The Morgan fingerprint density at radius 3 is 1.84 bits per heavy atom. The molecule has 0 saturated carbocycles. The van der Waals surface area contributed by atoms with Gasteiger partial charge in [-0.3, -0.25) is 0 Å². The Morgan fingerprint density at radius 1 is 1.11 bits per heavy atom. The van der Waals surface area contributed by atoms with Crippen molar-refractivity contribution in [1.82, 2.24) is 0 Å². The van der Waals surface area contributed by atoms with Gasteiger partial charge in [-0.1, -0.05) is 36.6 Å². The summed E-state index contributed by atoms with van der Waals surface area (Å²) >= 11 is 8.23. The van der Waals surface area contributed by atoms with Gasteiger partial charge in [0.05, 0.1) is 0 Å². The van der Waals surface area contributed by atoms with Gasteiger partial charge < -0.3 is 10.6 Å². The van der Waals surface area contributed by atoms with E-state index in [1.165, 1.54) is 0 Å². The van der Waals surface area contributed by atoms with Crippen molar-refractivity contribution in [1.29, 1.82) is 0 Å². The van der Waals surface area contributed by atoms with Gasteiger partial charge in [-0.15, -0.1) is 31.2 Å². The van der Waals surface area contributed by atoms with E-state index in [4.69, 9.17) is 60.9 Å². The minimum atomic E-state index is -3.06. The Bertz CT molecular complexity index is 280. The van der Waals surface area contributed by atoms with Crippen LogP contribution in [-0.2, 0) is 11.9 Å². The van der Waals surface area contributed by atoms with Crippen LogP contribution in [-0.4, -0.2) is 25.0 Å². The topological polar surface area (TPSA) is 28.2 Å². The molecule has 0 amide bonds. The number of halogens is 6. The summed E-state index contributed by atoms with van der Waals surface area (Å²) in [5, 5.41) is 9.23. The third kappa shape index (κ3) is 19.7. The predicted octanol–water partition coefficient (Wildman–Crippen LogP) is 6.53. The second kappa shape index (κ2) is 12.2. The molecular formula is C10H14Cl6N2Pt. The van der Waals surface area contributed by atoms with Crippen molar-refractivity contribution in [2.24, 2.45) is 0 Å². The molecule has 2 heterocycles. The van der Waals surface area contributed by atoms with E-state index < -0.39 is 11.9 Å². The molecule has 9 heteroatoms. The predicted molar refractivity (Wildman–Crippen MR) is 86.7 cm³/mol. The molecule has 0 unspecified atom stereocenters. The second-order valence-electron chi connectivity index (χ2n) is 3.39. The standard InChI is InChI=1S/C5H9ClN.C5H5ClN.4ClH.Pt/c2*6-5-1-3-7-4-2-5;;;;;/h5H,1-4H2;1-3H,4H2;4*1H;/q2*-1;;;;;+6/p-4. The Kier molecular flexibility index (Phi) is 13.3. The van der Waals surface area contributed by atoms with Crippen molar-refractivity contribution in [3.63, 3.8) is 0 Å². The number of hydrogen-bond acceptors (Lipinski definition) is 0. The Morgan fingerprint density at radius 2 is 1.63 bits per heavy atom. The molecule has 0 bridgehead atoms. The van der Waals surface area contributed by atoms with Crippen LogP contribution in [0.25, 0.3) is 10.6 Å². The third-order valence-electron chi connectivity index (χ3n) is 1.93. The zero-order valence-electron chi connectivity index (χ0n) is 9.82. The molecule has 0 aromatic heterocycles. The summed E-state index contributed by atoms with van der Waals surface area (Å²) in [6.07, 6.45) is 7.51. The summed E-state index contributed by atoms with van der Waals surface area (Å²) in [5.74, 6) is 0. The first-order valence-corrected chi connectivity index (χ1v) is 17.3. The van der Waals surface area contributed by atoms with E-state index in [-0.39, 0.29) is 0 Å². The first kappa shape index (κ1) is 20.7. The van der Waals surface area contributed by atoms with Gasteiger partial charge in [0.25, 0.3) is 0 Å². The maximum absolute atomic E-state index is 5.76. The fourth-order valence-corrected chi connectivity index (χ4v) is 1.43. The van der Waals surface area contributed by atoms with Gasteiger partial charge >= 0.3 is 49.6 Å². The molecule has 2 aliphatic rings. The molecule has 0 radical (unpaired) electrons. The normalized spacial score (nSPS) is 20.0. The van der Waals surface area contributed by atoms with Gasteiger partial charge in [-0.05, 0) is 0 Å². The molecule has 1 saturated heterocycles. The van der Waals surface area contributed by atoms with Crippen LogP contribution in [0.3, 0.4) is 0 Å². The van der Waals surface area contributed by atoms with Gasteiger partial charge in [-0.25, -0.2) is 0 Å². The van der Waals surface area contributed by atoms with Crippen molar-refractivity contribution in [2.45, 2.75) is 18.2 Å². The molecule has 2 nitrogen and oxygen atoms in total. The van der Waals surface area contributed by atoms with Crippen molar-refractivity contribution >= 4 is 60.9 Å². The molecule has 0 aliphatic carbocycles. The van der Waals surface area contributed by atoms with Crippen LogP contribution in [0.4, 0.5) is 0 Å². The van der Waals surface area contributed by atoms with E-state index in [1.54, 1.807) is 12.3 Å². The summed E-state index contributed by atoms with van der Waals surface area (Å²) in [6.45, 7) is 2.69. The zero-order valence-corrected chi connectivity index (χ0v) is 16.6. The van der Waals surface area contributed by atoms with Crippen molar-refractivity contribution in [3.8, 4) is 0 Å². The molecule has 0 N–H and O–H groups in total. The number of allylic oxidation sites excluding steroid dienone is 2. The molecule has 2 rings (SSSR count). The number of rotatable bonds is 0. The quantitative estimate of drug-likeness (QED) is 0.297. The van der Waals surface area contributed by atoms with E-state index in [9.17, 15) is 0 Å². The van der Waals surface area contributed by atoms with E-state index in [0.29, 0.717) is 5.38 Å². The molecule has 1 fully saturated rings. The van der Waals surface area contributed by atoms with Gasteiger partial charge in [0.1, 0.15) is 0 Å². The zero-order chi connectivity index (χ0) is 14.7. The summed E-state index contributed by atoms with van der Waals surface area (Å²) in [4.78, 5) is 0. The number of hydrogen-bond donors (Lipinski definition) is 0. The maximum atomic E-state index is 5.76. The molecule has 116 valence electrons. The number of alkyl halides is 1. The number of piperidine rings is 1. The van der Waals surface area contributed by atoms with Crippen LogP contribution in [0.5, 0.6) is 0 Å². The fourth-order valence-electron chi connectivity index (χ4n) is 1.11. The van der Waals surface area contributed by atoms with Crippen LogP contribution >= 0.6 is 60.9 Å². The third-order valence-corrected chi connectivity index (χ3v) is 2.65. The van der Waals surface area contributed by atoms with Gasteiger partial charge in [0, 0.05) is 10.4 Å². The van der Waals surface area contributed by atoms with Gasteiger partial charge in [0.2, 0.25) is 0 Å². The Balaban J connectivity index is 0.000000261. The van der Waals surface area contributed by atoms with Crippen LogP contribution in [0.1, 0.15) is 12.8 Å². The fraction of sp³-hybridized carbons (Fsp3) is 0.600. The molecule has 2 aliphatic heterocycles. The summed E-state index contributed by atoms with van der Waals surface area (Å²) in [5.41, 5.74) is 0. The minimum absolute atomic E-state index is 0.414. The molecule has 0 spiro atoms. The second-order valence-corrected chi connectivity index (χ2v) is 24.1. The molecule has 0 aromatic rings. The van der Waals surface area contributed by atoms with Crippen LogP contribution in [0, 0.1) is 0 Å².